The first-order valence-electron chi connectivity index (χ1n) is 10.3. The molecule has 1 heterocycles. The topological polar surface area (TPSA) is 71.1 Å². The van der Waals surface area contributed by atoms with Gasteiger partial charge in [0.1, 0.15) is 0 Å². The predicted molar refractivity (Wildman–Crippen MR) is 134 cm³/mol. The Bertz CT molecular complexity index is 1240. The normalized spacial score (nSPS) is 11.0. The fourth-order valence-electron chi connectivity index (χ4n) is 3.11. The van der Waals surface area contributed by atoms with Crippen molar-refractivity contribution in [3.63, 3.8) is 0 Å². The third-order valence-corrected chi connectivity index (χ3v) is 7.01. The number of carbonyl (C=O) groups excluding carboxylic acids is 2. The molecule has 0 bridgehead atoms. The zero-order chi connectivity index (χ0) is 22.5. The summed E-state index contributed by atoms with van der Waals surface area (Å²) in [6, 6.07) is 22.7. The molecular formula is C25H23N3O2S2. The number of benzene rings is 3. The molecule has 7 heteroatoms. The van der Waals surface area contributed by atoms with Crippen molar-refractivity contribution in [1.82, 2.24) is 4.98 Å². The van der Waals surface area contributed by atoms with Crippen molar-refractivity contribution < 1.29 is 9.59 Å². The molecule has 0 atom stereocenters. The van der Waals surface area contributed by atoms with Crippen LogP contribution in [0.1, 0.15) is 35.7 Å². The van der Waals surface area contributed by atoms with Crippen LogP contribution in [-0.4, -0.2) is 22.6 Å². The smallest absolute Gasteiger partial charge is 0.255 e. The van der Waals surface area contributed by atoms with Crippen LogP contribution in [0.3, 0.4) is 0 Å². The van der Waals surface area contributed by atoms with E-state index in [9.17, 15) is 9.59 Å². The first kappa shape index (κ1) is 22.0. The second-order valence-electron chi connectivity index (χ2n) is 7.60. The zero-order valence-electron chi connectivity index (χ0n) is 17.8. The van der Waals surface area contributed by atoms with E-state index in [0.717, 1.165) is 20.2 Å². The van der Waals surface area contributed by atoms with E-state index in [2.05, 4.69) is 29.5 Å². The molecule has 162 valence electrons. The molecule has 0 radical (unpaired) electrons. The van der Waals surface area contributed by atoms with Crippen molar-refractivity contribution in [3.05, 3.63) is 83.9 Å². The van der Waals surface area contributed by atoms with E-state index in [4.69, 9.17) is 0 Å². The van der Waals surface area contributed by atoms with Gasteiger partial charge in [-0.2, -0.15) is 0 Å². The van der Waals surface area contributed by atoms with Crippen LogP contribution in [-0.2, 0) is 4.79 Å². The summed E-state index contributed by atoms with van der Waals surface area (Å²) >= 11 is 2.91. The van der Waals surface area contributed by atoms with E-state index < -0.39 is 0 Å². The standard InChI is InChI=1S/C25H23N3O2S2/c1-16(2)17-8-10-19(11-9-17)26-23(29)15-31-25-28-21-13-12-20(14-22(21)32-25)27-24(30)18-6-4-3-5-7-18/h3-14,16H,15H2,1-2H3,(H,26,29)(H,27,30). The number of fused-ring (bicyclic) bond motifs is 1. The molecule has 4 aromatic rings. The van der Waals surface area contributed by atoms with E-state index in [1.54, 1.807) is 12.1 Å². The third kappa shape index (κ3) is 5.55. The summed E-state index contributed by atoms with van der Waals surface area (Å²) in [6.45, 7) is 4.28. The summed E-state index contributed by atoms with van der Waals surface area (Å²) in [5.74, 6) is 0.523. The van der Waals surface area contributed by atoms with Crippen molar-refractivity contribution in [3.8, 4) is 0 Å². The highest BCUT2D eigenvalue weighted by atomic mass is 32.2. The van der Waals surface area contributed by atoms with Gasteiger partial charge in [-0.05, 0) is 53.9 Å². The molecule has 1 aromatic heterocycles. The van der Waals surface area contributed by atoms with Crippen molar-refractivity contribution in [2.24, 2.45) is 0 Å². The Morgan fingerprint density at radius 2 is 1.66 bits per heavy atom. The third-order valence-electron chi connectivity index (χ3n) is 4.85. The zero-order valence-corrected chi connectivity index (χ0v) is 19.4. The number of carbonyl (C=O) groups is 2. The summed E-state index contributed by atoms with van der Waals surface area (Å²) < 4.78 is 1.78. The summed E-state index contributed by atoms with van der Waals surface area (Å²) in [7, 11) is 0. The van der Waals surface area contributed by atoms with Crippen molar-refractivity contribution in [2.75, 3.05) is 16.4 Å². The van der Waals surface area contributed by atoms with Gasteiger partial charge in [0.2, 0.25) is 5.91 Å². The Morgan fingerprint density at radius 1 is 0.938 bits per heavy atom. The van der Waals surface area contributed by atoms with E-state index >= 15 is 0 Å². The minimum atomic E-state index is -0.151. The van der Waals surface area contributed by atoms with E-state index in [-0.39, 0.29) is 17.6 Å². The molecule has 5 nitrogen and oxygen atoms in total. The van der Waals surface area contributed by atoms with E-state index in [1.165, 1.54) is 28.7 Å². The Hall–Kier alpha value is -3.16. The Kier molecular flexibility index (Phi) is 6.87. The van der Waals surface area contributed by atoms with Gasteiger partial charge < -0.3 is 10.6 Å². The van der Waals surface area contributed by atoms with Gasteiger partial charge in [0.05, 0.1) is 16.0 Å². The Labute approximate surface area is 195 Å². The lowest BCUT2D eigenvalue weighted by atomic mass is 10.0. The number of thiazole rings is 1. The second-order valence-corrected chi connectivity index (χ2v) is 9.85. The van der Waals surface area contributed by atoms with Crippen LogP contribution in [0.15, 0.2) is 77.1 Å². The number of hydrogen-bond donors (Lipinski definition) is 2. The predicted octanol–water partition coefficient (Wildman–Crippen LogP) is 6.40. The lowest BCUT2D eigenvalue weighted by Gasteiger charge is -2.08. The molecule has 0 aliphatic carbocycles. The van der Waals surface area contributed by atoms with Gasteiger partial charge in [-0.3, -0.25) is 9.59 Å². The van der Waals surface area contributed by atoms with Crippen LogP contribution < -0.4 is 10.6 Å². The molecular weight excluding hydrogens is 438 g/mol. The number of anilines is 2. The molecule has 0 aliphatic heterocycles. The summed E-state index contributed by atoms with van der Waals surface area (Å²) in [4.78, 5) is 29.3. The second kappa shape index (κ2) is 9.97. The Morgan fingerprint density at radius 3 is 2.38 bits per heavy atom. The molecule has 0 spiro atoms. The van der Waals surface area contributed by atoms with Crippen LogP contribution in [0.5, 0.6) is 0 Å². The maximum Gasteiger partial charge on any atom is 0.255 e. The van der Waals surface area contributed by atoms with Crippen LogP contribution in [0.25, 0.3) is 10.2 Å². The molecule has 0 aliphatic rings. The van der Waals surface area contributed by atoms with Crippen LogP contribution >= 0.6 is 23.1 Å². The molecule has 2 N–H and O–H groups in total. The van der Waals surface area contributed by atoms with Crippen molar-refractivity contribution >= 4 is 56.5 Å². The lowest BCUT2D eigenvalue weighted by Crippen LogP contribution is -2.13. The summed E-state index contributed by atoms with van der Waals surface area (Å²) in [5, 5.41) is 5.84. The number of nitrogens with one attached hydrogen (secondary N) is 2. The minimum Gasteiger partial charge on any atom is -0.325 e. The van der Waals surface area contributed by atoms with Gasteiger partial charge in [0.15, 0.2) is 4.34 Å². The average Bonchev–Trinajstić information content (AvgIpc) is 3.21. The van der Waals surface area contributed by atoms with Gasteiger partial charge in [-0.1, -0.05) is 55.9 Å². The molecule has 0 saturated heterocycles. The Balaban J connectivity index is 1.35. The fourth-order valence-corrected chi connectivity index (χ4v) is 5.02. The van der Waals surface area contributed by atoms with Crippen LogP contribution in [0.2, 0.25) is 0 Å². The first-order valence-corrected chi connectivity index (χ1v) is 12.1. The highest BCUT2D eigenvalue weighted by molar-refractivity contribution is 8.01. The van der Waals surface area contributed by atoms with Gasteiger partial charge in [-0.15, -0.1) is 11.3 Å². The fraction of sp³-hybridized carbons (Fsp3) is 0.160. The van der Waals surface area contributed by atoms with E-state index in [0.29, 0.717) is 17.2 Å². The van der Waals surface area contributed by atoms with Gasteiger partial charge >= 0.3 is 0 Å². The SMILES string of the molecule is CC(C)c1ccc(NC(=O)CSc2nc3ccc(NC(=O)c4ccccc4)cc3s2)cc1. The molecule has 4 rings (SSSR count). The molecule has 0 saturated carbocycles. The number of thioether (sulfide) groups is 1. The highest BCUT2D eigenvalue weighted by Gasteiger charge is 2.11. The maximum absolute atomic E-state index is 12.4. The number of amides is 2. The van der Waals surface area contributed by atoms with Gasteiger partial charge in [0.25, 0.3) is 5.91 Å². The number of aromatic nitrogens is 1. The quantitative estimate of drug-likeness (QED) is 0.312. The molecule has 2 amide bonds. The molecule has 0 unspecified atom stereocenters. The van der Waals surface area contributed by atoms with Crippen LogP contribution in [0.4, 0.5) is 11.4 Å². The molecule has 0 fully saturated rings. The lowest BCUT2D eigenvalue weighted by molar-refractivity contribution is -0.113. The monoisotopic (exact) mass is 461 g/mol. The summed E-state index contributed by atoms with van der Waals surface area (Å²) in [6.07, 6.45) is 0. The largest absolute Gasteiger partial charge is 0.325 e. The first-order chi connectivity index (χ1) is 15.5. The van der Waals surface area contributed by atoms with Gasteiger partial charge in [0, 0.05) is 16.9 Å². The van der Waals surface area contributed by atoms with Crippen LogP contribution in [0, 0.1) is 0 Å². The van der Waals surface area contributed by atoms with Crippen molar-refractivity contribution in [2.45, 2.75) is 24.1 Å². The summed E-state index contributed by atoms with van der Waals surface area (Å²) in [5.41, 5.74) is 4.21. The minimum absolute atomic E-state index is 0.0673. The molecule has 32 heavy (non-hydrogen) atoms. The number of nitrogens with zero attached hydrogens (tertiary/aromatic N) is 1. The number of rotatable bonds is 7. The number of hydrogen-bond acceptors (Lipinski definition) is 5. The average molecular weight is 462 g/mol. The van der Waals surface area contributed by atoms with Crippen molar-refractivity contribution in [1.29, 1.82) is 0 Å². The highest BCUT2D eigenvalue weighted by Crippen LogP contribution is 2.31. The maximum atomic E-state index is 12.4. The molecule has 3 aromatic carbocycles. The van der Waals surface area contributed by atoms with Gasteiger partial charge in [-0.25, -0.2) is 4.98 Å². The van der Waals surface area contributed by atoms with E-state index in [1.807, 2.05) is 60.7 Å².